The van der Waals surface area contributed by atoms with Crippen LogP contribution in [0.15, 0.2) is 0 Å². The molecule has 0 aromatic carbocycles. The molecule has 3 saturated heterocycles. The van der Waals surface area contributed by atoms with Gasteiger partial charge in [-0.1, -0.05) is 6.42 Å². The van der Waals surface area contributed by atoms with Crippen molar-refractivity contribution < 1.29 is 9.90 Å². The molecule has 3 heterocycles. The first-order valence-electron chi connectivity index (χ1n) is 7.91. The van der Waals surface area contributed by atoms with Crippen LogP contribution in [0.4, 0.5) is 0 Å². The van der Waals surface area contributed by atoms with Crippen LogP contribution in [0.1, 0.15) is 51.4 Å². The zero-order valence-electron chi connectivity index (χ0n) is 11.8. The summed E-state index contributed by atoms with van der Waals surface area (Å²) in [6.45, 7) is 4.56. The summed E-state index contributed by atoms with van der Waals surface area (Å²) in [7, 11) is 0. The molecule has 4 heteroatoms. The van der Waals surface area contributed by atoms with Gasteiger partial charge in [0.2, 0.25) is 0 Å². The van der Waals surface area contributed by atoms with Crippen LogP contribution in [0.3, 0.4) is 0 Å². The summed E-state index contributed by atoms with van der Waals surface area (Å²) in [6, 6.07) is 0.648. The molecule has 4 nitrogen and oxygen atoms in total. The first-order chi connectivity index (χ1) is 9.20. The molecule has 3 fully saturated rings. The molecule has 3 aliphatic heterocycles. The molecule has 0 amide bonds. The van der Waals surface area contributed by atoms with Gasteiger partial charge < -0.3 is 10.0 Å². The molecule has 108 valence electrons. The lowest BCUT2D eigenvalue weighted by Crippen LogP contribution is -2.59. The van der Waals surface area contributed by atoms with Crippen LogP contribution in [0, 0.1) is 0 Å². The van der Waals surface area contributed by atoms with E-state index in [2.05, 4.69) is 9.80 Å². The Kier molecular flexibility index (Phi) is 3.81. The van der Waals surface area contributed by atoms with Crippen LogP contribution >= 0.6 is 0 Å². The Morgan fingerprint density at radius 3 is 2.63 bits per heavy atom. The lowest BCUT2D eigenvalue weighted by molar-refractivity contribution is -0.142. The highest BCUT2D eigenvalue weighted by Crippen LogP contribution is 2.40. The van der Waals surface area contributed by atoms with Crippen molar-refractivity contribution >= 4 is 5.97 Å². The number of likely N-dealkylation sites (tertiary alicyclic amines) is 1. The molecule has 1 N–H and O–H groups in total. The third-order valence-electron chi connectivity index (χ3n) is 5.49. The quantitative estimate of drug-likeness (QED) is 0.848. The molecule has 2 atom stereocenters. The van der Waals surface area contributed by atoms with Gasteiger partial charge in [0, 0.05) is 18.1 Å². The Morgan fingerprint density at radius 2 is 1.89 bits per heavy atom. The molecule has 0 radical (unpaired) electrons. The lowest BCUT2D eigenvalue weighted by Gasteiger charge is -2.51. The second-order valence-corrected chi connectivity index (χ2v) is 6.63. The van der Waals surface area contributed by atoms with Crippen molar-refractivity contribution in [1.82, 2.24) is 9.80 Å². The zero-order valence-corrected chi connectivity index (χ0v) is 11.8. The molecule has 0 spiro atoms. The number of aliphatic carboxylic acids is 1. The van der Waals surface area contributed by atoms with Gasteiger partial charge in [-0.25, -0.2) is 0 Å². The number of carboxylic acid groups (broad SMARTS) is 1. The van der Waals surface area contributed by atoms with Crippen molar-refractivity contribution in [1.29, 1.82) is 0 Å². The smallest absolute Gasteiger partial charge is 0.305 e. The summed E-state index contributed by atoms with van der Waals surface area (Å²) < 4.78 is 0. The Bertz CT molecular complexity index is 341. The van der Waals surface area contributed by atoms with Gasteiger partial charge >= 0.3 is 5.97 Å². The van der Waals surface area contributed by atoms with Gasteiger partial charge in [-0.2, -0.15) is 0 Å². The molecule has 3 rings (SSSR count). The van der Waals surface area contributed by atoms with Crippen molar-refractivity contribution in [2.45, 2.75) is 62.9 Å². The molecular weight excluding hydrogens is 240 g/mol. The van der Waals surface area contributed by atoms with Crippen molar-refractivity contribution in [3.8, 4) is 0 Å². The summed E-state index contributed by atoms with van der Waals surface area (Å²) in [6.07, 6.45) is 8.86. The number of nitrogens with zero attached hydrogens (tertiary/aromatic N) is 2. The van der Waals surface area contributed by atoms with E-state index < -0.39 is 5.97 Å². The highest BCUT2D eigenvalue weighted by Gasteiger charge is 2.46. The fourth-order valence-corrected chi connectivity index (χ4v) is 4.52. The van der Waals surface area contributed by atoms with Crippen LogP contribution in [-0.2, 0) is 4.79 Å². The molecule has 0 aliphatic carbocycles. The van der Waals surface area contributed by atoms with Gasteiger partial charge in [0.25, 0.3) is 0 Å². The fraction of sp³-hybridized carbons (Fsp3) is 0.933. The molecule has 3 aliphatic rings. The largest absolute Gasteiger partial charge is 0.481 e. The number of fused-ring (bicyclic) bond motifs is 1. The summed E-state index contributed by atoms with van der Waals surface area (Å²) >= 11 is 0. The first-order valence-corrected chi connectivity index (χ1v) is 7.91. The summed E-state index contributed by atoms with van der Waals surface area (Å²) in [5.74, 6) is -0.614. The molecule has 0 aromatic heterocycles. The zero-order chi connectivity index (χ0) is 13.3. The van der Waals surface area contributed by atoms with Crippen LogP contribution in [0.25, 0.3) is 0 Å². The minimum atomic E-state index is -0.614. The number of hydrogen-bond acceptors (Lipinski definition) is 3. The SMILES string of the molecule is O=C(O)CC1(N2CCCCC2)CCN2CCCC2C1. The average Bonchev–Trinajstić information content (AvgIpc) is 2.86. The van der Waals surface area contributed by atoms with E-state index in [4.69, 9.17) is 0 Å². The highest BCUT2D eigenvalue weighted by molar-refractivity contribution is 5.68. The Labute approximate surface area is 115 Å². The number of carbonyl (C=O) groups is 1. The van der Waals surface area contributed by atoms with Crippen molar-refractivity contribution in [2.75, 3.05) is 26.2 Å². The van der Waals surface area contributed by atoms with Gasteiger partial charge in [-0.05, 0) is 58.2 Å². The van der Waals surface area contributed by atoms with Gasteiger partial charge in [0.05, 0.1) is 6.42 Å². The Balaban J connectivity index is 1.77. The van der Waals surface area contributed by atoms with Crippen LogP contribution in [0.5, 0.6) is 0 Å². The minimum absolute atomic E-state index is 0.0439. The number of hydrogen-bond donors (Lipinski definition) is 1. The standard InChI is InChI=1S/C15H26N2O2/c18-14(19)12-15(17-8-2-1-3-9-17)6-10-16-7-4-5-13(16)11-15/h13H,1-12H2,(H,18,19). The maximum atomic E-state index is 11.4. The summed E-state index contributed by atoms with van der Waals surface area (Å²) in [5, 5.41) is 9.36. The van der Waals surface area contributed by atoms with E-state index in [1.165, 1.54) is 38.6 Å². The van der Waals surface area contributed by atoms with Crippen LogP contribution in [-0.4, -0.2) is 58.6 Å². The normalized spacial score (nSPS) is 37.2. The topological polar surface area (TPSA) is 43.8 Å². The predicted octanol–water partition coefficient (Wildman–Crippen LogP) is 1.94. The molecule has 0 aromatic rings. The van der Waals surface area contributed by atoms with Crippen molar-refractivity contribution in [3.05, 3.63) is 0 Å². The first kappa shape index (κ1) is 13.4. The lowest BCUT2D eigenvalue weighted by atomic mass is 9.78. The molecule has 0 bridgehead atoms. The molecule has 19 heavy (non-hydrogen) atoms. The Hall–Kier alpha value is -0.610. The second kappa shape index (κ2) is 5.41. The van der Waals surface area contributed by atoms with E-state index in [9.17, 15) is 9.90 Å². The highest BCUT2D eigenvalue weighted by atomic mass is 16.4. The molecule has 2 unspecified atom stereocenters. The maximum absolute atomic E-state index is 11.4. The van der Waals surface area contributed by atoms with E-state index in [0.29, 0.717) is 12.5 Å². The predicted molar refractivity (Wildman–Crippen MR) is 74.2 cm³/mol. The minimum Gasteiger partial charge on any atom is -0.481 e. The van der Waals surface area contributed by atoms with Gasteiger partial charge in [-0.15, -0.1) is 0 Å². The van der Waals surface area contributed by atoms with Crippen molar-refractivity contribution in [3.63, 3.8) is 0 Å². The van der Waals surface area contributed by atoms with E-state index >= 15 is 0 Å². The summed E-state index contributed by atoms with van der Waals surface area (Å²) in [4.78, 5) is 16.5. The Morgan fingerprint density at radius 1 is 1.11 bits per heavy atom. The number of carboxylic acids is 1. The fourth-order valence-electron chi connectivity index (χ4n) is 4.52. The average molecular weight is 266 g/mol. The second-order valence-electron chi connectivity index (χ2n) is 6.63. The van der Waals surface area contributed by atoms with Crippen LogP contribution in [0.2, 0.25) is 0 Å². The van der Waals surface area contributed by atoms with Gasteiger partial charge in [-0.3, -0.25) is 9.69 Å². The molecular formula is C15H26N2O2. The maximum Gasteiger partial charge on any atom is 0.305 e. The van der Waals surface area contributed by atoms with E-state index in [-0.39, 0.29) is 5.54 Å². The number of piperidine rings is 2. The summed E-state index contributed by atoms with van der Waals surface area (Å²) in [5.41, 5.74) is -0.0439. The number of rotatable bonds is 3. The third kappa shape index (κ3) is 2.65. The van der Waals surface area contributed by atoms with E-state index in [0.717, 1.165) is 32.5 Å². The van der Waals surface area contributed by atoms with Crippen molar-refractivity contribution in [2.24, 2.45) is 0 Å². The monoisotopic (exact) mass is 266 g/mol. The van der Waals surface area contributed by atoms with Gasteiger partial charge in [0.15, 0.2) is 0 Å². The van der Waals surface area contributed by atoms with E-state index in [1.54, 1.807) is 0 Å². The van der Waals surface area contributed by atoms with Gasteiger partial charge in [0.1, 0.15) is 0 Å². The molecule has 0 saturated carbocycles. The van der Waals surface area contributed by atoms with Crippen LogP contribution < -0.4 is 0 Å². The van der Waals surface area contributed by atoms with E-state index in [1.807, 2.05) is 0 Å². The third-order valence-corrected chi connectivity index (χ3v) is 5.49.